The first-order valence-corrected chi connectivity index (χ1v) is 2.71. The van der Waals surface area contributed by atoms with Crippen LogP contribution in [0, 0.1) is 0 Å². The lowest BCUT2D eigenvalue weighted by Gasteiger charge is -2.26. The summed E-state index contributed by atoms with van der Waals surface area (Å²) >= 11 is 0. The Morgan fingerprint density at radius 1 is 2.00 bits per heavy atom. The standard InChI is InChI=1S/C6H13NO/c1-5-6(2)8-4-3-7-5/h5-7H,3-4H2,1-2H3/i2D3,5D. The first-order chi connectivity index (χ1) is 5.34. The molecule has 1 aliphatic rings. The van der Waals surface area contributed by atoms with Crippen molar-refractivity contribution in [1.29, 1.82) is 0 Å². The third-order valence-electron chi connectivity index (χ3n) is 1.18. The maximum atomic E-state index is 7.64. The van der Waals surface area contributed by atoms with Crippen LogP contribution >= 0.6 is 0 Å². The zero-order chi connectivity index (χ0) is 9.41. The van der Waals surface area contributed by atoms with Gasteiger partial charge in [-0.2, -0.15) is 0 Å². The molecule has 0 spiro atoms. The predicted molar refractivity (Wildman–Crippen MR) is 32.9 cm³/mol. The highest BCUT2D eigenvalue weighted by Crippen LogP contribution is 2.00. The zero-order valence-corrected chi connectivity index (χ0v) is 4.90. The molecule has 1 N–H and O–H groups in total. The number of hydrogen-bond acceptors (Lipinski definition) is 2. The van der Waals surface area contributed by atoms with Crippen LogP contribution in [0.5, 0.6) is 0 Å². The minimum Gasteiger partial charge on any atom is -0.376 e. The summed E-state index contributed by atoms with van der Waals surface area (Å²) in [6.07, 6.45) is -1.03. The molecule has 0 aromatic heterocycles. The Morgan fingerprint density at radius 2 is 2.88 bits per heavy atom. The Morgan fingerprint density at radius 3 is 3.38 bits per heavy atom. The van der Waals surface area contributed by atoms with Crippen LogP contribution in [0.25, 0.3) is 0 Å². The molecule has 1 saturated heterocycles. The SMILES string of the molecule is [2H]C([2H])([2H])C1OCCNC1([2H])C. The number of morpholine rings is 1. The smallest absolute Gasteiger partial charge is 0.0697 e. The van der Waals surface area contributed by atoms with Gasteiger partial charge in [0.1, 0.15) is 0 Å². The summed E-state index contributed by atoms with van der Waals surface area (Å²) < 4.78 is 34.1. The maximum absolute atomic E-state index is 7.64. The molecule has 0 saturated carbocycles. The summed E-state index contributed by atoms with van der Waals surface area (Å²) in [6, 6.07) is -1.20. The minimum absolute atomic E-state index is 0.359. The first kappa shape index (κ1) is 2.67. The number of ether oxygens (including phenoxy) is 1. The highest BCUT2D eigenvalue weighted by molar-refractivity contribution is 4.71. The first-order valence-electron chi connectivity index (χ1n) is 4.71. The van der Waals surface area contributed by atoms with Crippen LogP contribution in [0.2, 0.25) is 0 Å². The summed E-state index contributed by atoms with van der Waals surface area (Å²) in [5.74, 6) is 0. The summed E-state index contributed by atoms with van der Waals surface area (Å²) in [6.45, 7) is 0.192. The lowest BCUT2D eigenvalue weighted by molar-refractivity contribution is 0.0135. The van der Waals surface area contributed by atoms with Crippen molar-refractivity contribution in [3.05, 3.63) is 0 Å². The second-order valence-corrected chi connectivity index (χ2v) is 1.86. The van der Waals surface area contributed by atoms with Gasteiger partial charge in [-0.15, -0.1) is 0 Å². The lowest BCUT2D eigenvalue weighted by atomic mass is 10.2. The van der Waals surface area contributed by atoms with Crippen LogP contribution in [0.3, 0.4) is 0 Å². The van der Waals surface area contributed by atoms with Gasteiger partial charge in [0.15, 0.2) is 0 Å². The molecular formula is C6H13NO. The van der Waals surface area contributed by atoms with Crippen LogP contribution in [-0.2, 0) is 4.74 Å². The van der Waals surface area contributed by atoms with E-state index in [1.54, 1.807) is 0 Å². The molecule has 2 nitrogen and oxygen atoms in total. The molecule has 2 unspecified atom stereocenters. The van der Waals surface area contributed by atoms with Gasteiger partial charge in [-0.25, -0.2) is 0 Å². The molecule has 0 radical (unpaired) electrons. The average Bonchev–Trinajstić information content (AvgIpc) is 1.83. The van der Waals surface area contributed by atoms with E-state index in [1.807, 2.05) is 0 Å². The lowest BCUT2D eigenvalue weighted by Crippen LogP contribution is -2.44. The van der Waals surface area contributed by atoms with Crippen molar-refractivity contribution in [2.75, 3.05) is 13.2 Å². The molecule has 1 fully saturated rings. The molecule has 0 aromatic rings. The van der Waals surface area contributed by atoms with Gasteiger partial charge in [0.25, 0.3) is 0 Å². The Balaban J connectivity index is 2.73. The van der Waals surface area contributed by atoms with Gasteiger partial charge in [0.05, 0.1) is 12.7 Å². The number of hydrogen-bond donors (Lipinski definition) is 1. The molecule has 0 bridgehead atoms. The van der Waals surface area contributed by atoms with E-state index in [1.165, 1.54) is 6.92 Å². The highest BCUT2D eigenvalue weighted by Gasteiger charge is 2.15. The fourth-order valence-corrected chi connectivity index (χ4v) is 0.643. The van der Waals surface area contributed by atoms with E-state index in [4.69, 9.17) is 10.2 Å². The fourth-order valence-electron chi connectivity index (χ4n) is 0.643. The van der Waals surface area contributed by atoms with Crippen molar-refractivity contribution in [2.24, 2.45) is 0 Å². The minimum atomic E-state index is -2.22. The Bertz CT molecular complexity index is 167. The van der Waals surface area contributed by atoms with Gasteiger partial charge >= 0.3 is 0 Å². The molecule has 1 aliphatic heterocycles. The van der Waals surface area contributed by atoms with Crippen molar-refractivity contribution in [3.63, 3.8) is 0 Å². The zero-order valence-electron chi connectivity index (χ0n) is 8.90. The second kappa shape index (κ2) is 2.46. The van der Waals surface area contributed by atoms with Crippen molar-refractivity contribution >= 4 is 0 Å². The van der Waals surface area contributed by atoms with E-state index in [-0.39, 0.29) is 0 Å². The third-order valence-corrected chi connectivity index (χ3v) is 1.18. The number of nitrogens with one attached hydrogen (secondary N) is 1. The average molecular weight is 119 g/mol. The summed E-state index contributed by atoms with van der Waals surface area (Å²) in [5, 5.41) is 2.80. The molecule has 2 atom stereocenters. The van der Waals surface area contributed by atoms with Gasteiger partial charge in [0.2, 0.25) is 0 Å². The molecule has 0 amide bonds. The fraction of sp³-hybridized carbons (Fsp3) is 1.00. The molecule has 0 aliphatic carbocycles. The Kier molecular flexibility index (Phi) is 0.822. The highest BCUT2D eigenvalue weighted by atomic mass is 16.5. The molecule has 2 heteroatoms. The van der Waals surface area contributed by atoms with E-state index in [2.05, 4.69) is 5.32 Å². The molecule has 8 heavy (non-hydrogen) atoms. The van der Waals surface area contributed by atoms with Crippen LogP contribution < -0.4 is 5.32 Å². The van der Waals surface area contributed by atoms with Gasteiger partial charge in [-0.1, -0.05) is 0 Å². The van der Waals surface area contributed by atoms with Crippen LogP contribution in [0.1, 0.15) is 19.3 Å². The summed E-state index contributed by atoms with van der Waals surface area (Å²) in [4.78, 5) is 0. The molecule has 48 valence electrons. The monoisotopic (exact) mass is 119 g/mol. The van der Waals surface area contributed by atoms with Crippen molar-refractivity contribution in [3.8, 4) is 0 Å². The van der Waals surface area contributed by atoms with E-state index in [0.29, 0.717) is 13.2 Å². The van der Waals surface area contributed by atoms with Crippen molar-refractivity contribution in [1.82, 2.24) is 5.32 Å². The summed E-state index contributed by atoms with van der Waals surface area (Å²) in [7, 11) is 0. The molecule has 0 aromatic carbocycles. The van der Waals surface area contributed by atoms with Crippen molar-refractivity contribution in [2.45, 2.75) is 25.9 Å². The quantitative estimate of drug-likeness (QED) is 0.498. The van der Waals surface area contributed by atoms with Gasteiger partial charge < -0.3 is 10.1 Å². The van der Waals surface area contributed by atoms with Crippen molar-refractivity contribution < 1.29 is 10.2 Å². The van der Waals surface area contributed by atoms with E-state index in [0.717, 1.165) is 0 Å². The van der Waals surface area contributed by atoms with Crippen LogP contribution in [-0.4, -0.2) is 25.3 Å². The predicted octanol–water partition coefficient (Wildman–Crippen LogP) is 0.383. The largest absolute Gasteiger partial charge is 0.376 e. The second-order valence-electron chi connectivity index (χ2n) is 1.86. The van der Waals surface area contributed by atoms with Gasteiger partial charge in [-0.05, 0) is 13.8 Å². The maximum Gasteiger partial charge on any atom is 0.0697 e. The normalized spacial score (nSPS) is 57.9. The number of rotatable bonds is 0. The van der Waals surface area contributed by atoms with Crippen LogP contribution in [0.15, 0.2) is 0 Å². The van der Waals surface area contributed by atoms with Gasteiger partial charge in [0, 0.05) is 18.0 Å². The summed E-state index contributed by atoms with van der Waals surface area (Å²) in [5.41, 5.74) is 0. The molecular weight excluding hydrogens is 102 g/mol. The third kappa shape index (κ3) is 1.20. The van der Waals surface area contributed by atoms with E-state index in [9.17, 15) is 0 Å². The molecule has 1 heterocycles. The van der Waals surface area contributed by atoms with E-state index < -0.39 is 19.0 Å². The molecule has 1 rings (SSSR count). The van der Waals surface area contributed by atoms with E-state index >= 15 is 0 Å². The Labute approximate surface area is 55.8 Å². The van der Waals surface area contributed by atoms with Gasteiger partial charge in [-0.3, -0.25) is 0 Å². The Hall–Kier alpha value is -0.0800. The topological polar surface area (TPSA) is 21.3 Å². The van der Waals surface area contributed by atoms with Crippen LogP contribution in [0.4, 0.5) is 0 Å².